The van der Waals surface area contributed by atoms with Crippen molar-refractivity contribution in [3.05, 3.63) is 0 Å². The number of aliphatic carboxylic acids is 1. The number of carbonyl (C=O) groups is 2. The van der Waals surface area contributed by atoms with Crippen LogP contribution in [0.15, 0.2) is 0 Å². The second-order valence-electron chi connectivity index (χ2n) is 2.01. The topological polar surface area (TPSA) is 135 Å². The fraction of sp³-hybridized carbons (Fsp3) is 0.500. The van der Waals surface area contributed by atoms with E-state index in [0.717, 1.165) is 0 Å². The van der Waals surface area contributed by atoms with Gasteiger partial charge in [-0.05, 0) is 0 Å². The zero-order valence-corrected chi connectivity index (χ0v) is 6.61. The van der Waals surface area contributed by atoms with Crippen LogP contribution in [-0.4, -0.2) is 41.6 Å². The minimum absolute atomic E-state index is 1.26. The van der Waals surface area contributed by atoms with E-state index in [1.807, 2.05) is 0 Å². The first-order valence-corrected chi connectivity index (χ1v) is 4.31. The van der Waals surface area contributed by atoms with Gasteiger partial charge in [0, 0.05) is 0 Å². The van der Waals surface area contributed by atoms with Gasteiger partial charge in [0.15, 0.2) is 11.8 Å². The van der Waals surface area contributed by atoms with Crippen LogP contribution in [0.4, 0.5) is 0 Å². The summed E-state index contributed by atoms with van der Waals surface area (Å²) >= 11 is 0. The molecule has 0 saturated carbocycles. The molecule has 0 bridgehead atoms. The molecular weight excluding hydrogens is 190 g/mol. The highest BCUT2D eigenvalue weighted by molar-refractivity contribution is 7.86. The molecule has 0 fully saturated rings. The lowest BCUT2D eigenvalue weighted by molar-refractivity contribution is -0.141. The molecule has 8 heteroatoms. The molecule has 7 nitrogen and oxygen atoms in total. The Hall–Kier alpha value is -0.990. The van der Waals surface area contributed by atoms with Gasteiger partial charge in [-0.1, -0.05) is 0 Å². The molecule has 0 aliphatic heterocycles. The van der Waals surface area contributed by atoms with E-state index < -0.39 is 33.7 Å². The summed E-state index contributed by atoms with van der Waals surface area (Å²) in [5.74, 6) is -4.17. The summed E-state index contributed by atoms with van der Waals surface area (Å²) in [5, 5.41) is 8.13. The minimum Gasteiger partial charge on any atom is -0.480 e. The van der Waals surface area contributed by atoms with Gasteiger partial charge < -0.3 is 10.8 Å². The molecule has 0 rings (SSSR count). The maximum Gasteiger partial charge on any atom is 0.328 e. The van der Waals surface area contributed by atoms with E-state index in [1.165, 1.54) is 0 Å². The monoisotopic (exact) mass is 197 g/mol. The number of ketones is 1. The lowest BCUT2D eigenvalue weighted by Crippen LogP contribution is -2.41. The largest absolute Gasteiger partial charge is 0.480 e. The van der Waals surface area contributed by atoms with Crippen LogP contribution in [0.5, 0.6) is 0 Å². The van der Waals surface area contributed by atoms with E-state index in [9.17, 15) is 18.0 Å². The predicted octanol–water partition coefficient (Wildman–Crippen LogP) is -2.14. The number of nitrogens with two attached hydrogens (primary N) is 1. The fourth-order valence-electron chi connectivity index (χ4n) is 0.407. The molecular formula is C4H7NO6S. The van der Waals surface area contributed by atoms with Crippen molar-refractivity contribution in [1.29, 1.82) is 0 Å². The van der Waals surface area contributed by atoms with Gasteiger partial charge in [-0.2, -0.15) is 8.42 Å². The van der Waals surface area contributed by atoms with Gasteiger partial charge in [-0.3, -0.25) is 14.1 Å². The number of rotatable bonds is 4. The van der Waals surface area contributed by atoms with Crippen molar-refractivity contribution in [3.63, 3.8) is 0 Å². The molecule has 0 aliphatic rings. The Morgan fingerprint density at radius 3 is 2.08 bits per heavy atom. The highest BCUT2D eigenvalue weighted by atomic mass is 32.2. The van der Waals surface area contributed by atoms with Crippen LogP contribution in [-0.2, 0) is 19.7 Å². The van der Waals surface area contributed by atoms with Gasteiger partial charge in [-0.15, -0.1) is 0 Å². The smallest absolute Gasteiger partial charge is 0.328 e. The molecule has 0 amide bonds. The minimum atomic E-state index is -4.49. The summed E-state index contributed by atoms with van der Waals surface area (Å²) < 4.78 is 28.2. The number of carboxylic acid groups (broad SMARTS) is 1. The van der Waals surface area contributed by atoms with Crippen LogP contribution in [0, 0.1) is 0 Å². The van der Waals surface area contributed by atoms with E-state index >= 15 is 0 Å². The summed E-state index contributed by atoms with van der Waals surface area (Å²) in [7, 11) is -4.49. The molecule has 70 valence electrons. The molecule has 1 unspecified atom stereocenters. The zero-order chi connectivity index (χ0) is 9.94. The first-order chi connectivity index (χ1) is 5.24. The molecule has 0 radical (unpaired) electrons. The lowest BCUT2D eigenvalue weighted by Gasteiger charge is -2.02. The van der Waals surface area contributed by atoms with Crippen LogP contribution in [0.1, 0.15) is 0 Å². The first-order valence-electron chi connectivity index (χ1n) is 2.70. The number of carbonyl (C=O) groups excluding carboxylic acids is 1. The van der Waals surface area contributed by atoms with E-state index in [0.29, 0.717) is 0 Å². The molecule has 4 N–H and O–H groups in total. The Balaban J connectivity index is 4.35. The molecule has 0 aromatic carbocycles. The summed E-state index contributed by atoms with van der Waals surface area (Å²) in [4.78, 5) is 20.6. The normalized spacial score (nSPS) is 13.8. The Morgan fingerprint density at radius 2 is 1.83 bits per heavy atom. The van der Waals surface area contributed by atoms with Crippen molar-refractivity contribution < 1.29 is 27.7 Å². The molecule has 0 spiro atoms. The quantitative estimate of drug-likeness (QED) is 0.345. The predicted molar refractivity (Wildman–Crippen MR) is 37.0 cm³/mol. The third-order valence-electron chi connectivity index (χ3n) is 0.938. The third-order valence-corrected chi connectivity index (χ3v) is 1.59. The Kier molecular flexibility index (Phi) is 3.31. The second kappa shape index (κ2) is 3.61. The summed E-state index contributed by atoms with van der Waals surface area (Å²) in [5.41, 5.74) is 4.74. The lowest BCUT2D eigenvalue weighted by atomic mass is 10.2. The average Bonchev–Trinajstić information content (AvgIpc) is 1.82. The van der Waals surface area contributed by atoms with E-state index in [4.69, 9.17) is 15.4 Å². The van der Waals surface area contributed by atoms with Crippen molar-refractivity contribution in [2.24, 2.45) is 5.73 Å². The molecule has 0 aromatic rings. The highest BCUT2D eigenvalue weighted by Crippen LogP contribution is 1.88. The maximum absolute atomic E-state index is 10.6. The van der Waals surface area contributed by atoms with Crippen LogP contribution in [0.2, 0.25) is 0 Å². The zero-order valence-electron chi connectivity index (χ0n) is 5.80. The average molecular weight is 197 g/mol. The van der Waals surface area contributed by atoms with Crippen molar-refractivity contribution in [1.82, 2.24) is 0 Å². The summed E-state index contributed by atoms with van der Waals surface area (Å²) in [6.45, 7) is 0. The van der Waals surface area contributed by atoms with Gasteiger partial charge in [0.05, 0.1) is 0 Å². The molecule has 1 atom stereocenters. The van der Waals surface area contributed by atoms with Crippen molar-refractivity contribution in [2.45, 2.75) is 6.04 Å². The van der Waals surface area contributed by atoms with E-state index in [2.05, 4.69) is 0 Å². The maximum atomic E-state index is 10.6. The molecule has 0 aromatic heterocycles. The van der Waals surface area contributed by atoms with Gasteiger partial charge in [-0.25, -0.2) is 0 Å². The Morgan fingerprint density at radius 1 is 1.42 bits per heavy atom. The van der Waals surface area contributed by atoms with Gasteiger partial charge in [0.2, 0.25) is 0 Å². The van der Waals surface area contributed by atoms with Crippen LogP contribution in [0.3, 0.4) is 0 Å². The Labute approximate surface area is 67.9 Å². The second-order valence-corrected chi connectivity index (χ2v) is 3.46. The van der Waals surface area contributed by atoms with Gasteiger partial charge >= 0.3 is 5.97 Å². The van der Waals surface area contributed by atoms with E-state index in [1.54, 1.807) is 0 Å². The Bertz CT molecular complexity index is 293. The first kappa shape index (κ1) is 11.0. The van der Waals surface area contributed by atoms with Crippen molar-refractivity contribution in [3.8, 4) is 0 Å². The number of Topliss-reactive ketones (excluding diaryl/α,β-unsaturated/α-hetero) is 1. The molecule has 0 heterocycles. The van der Waals surface area contributed by atoms with Crippen molar-refractivity contribution >= 4 is 21.9 Å². The SMILES string of the molecule is NC(C(=O)O)C(=O)CS(=O)(=O)O. The van der Waals surface area contributed by atoms with E-state index in [-0.39, 0.29) is 0 Å². The van der Waals surface area contributed by atoms with Gasteiger partial charge in [0.1, 0.15) is 5.75 Å². The van der Waals surface area contributed by atoms with Crippen LogP contribution in [0.25, 0.3) is 0 Å². The summed E-state index contributed by atoms with van der Waals surface area (Å²) in [6, 6.07) is -1.91. The highest BCUT2D eigenvalue weighted by Gasteiger charge is 2.25. The number of hydrogen-bond donors (Lipinski definition) is 3. The van der Waals surface area contributed by atoms with Crippen molar-refractivity contribution in [2.75, 3.05) is 5.75 Å². The molecule has 12 heavy (non-hydrogen) atoms. The number of carboxylic acids is 1. The third kappa shape index (κ3) is 4.01. The van der Waals surface area contributed by atoms with Gasteiger partial charge in [0.25, 0.3) is 10.1 Å². The molecule has 0 aliphatic carbocycles. The van der Waals surface area contributed by atoms with Crippen LogP contribution >= 0.6 is 0 Å². The number of hydrogen-bond acceptors (Lipinski definition) is 5. The fourth-order valence-corrected chi connectivity index (χ4v) is 0.946. The van der Waals surface area contributed by atoms with Crippen LogP contribution < -0.4 is 5.73 Å². The molecule has 0 saturated heterocycles. The standard InChI is InChI=1S/C4H7NO6S/c5-3(4(7)8)2(6)1-12(9,10)11/h3H,1,5H2,(H,7,8)(H,9,10,11). The summed E-state index contributed by atoms with van der Waals surface area (Å²) in [6.07, 6.45) is 0.